The Bertz CT molecular complexity index is 1370. The van der Waals surface area contributed by atoms with Crippen molar-refractivity contribution in [3.63, 3.8) is 0 Å². The number of thioether (sulfide) groups is 1. The average molecular weight is 578 g/mol. The van der Waals surface area contributed by atoms with Gasteiger partial charge in [0.05, 0.1) is 62.2 Å². The van der Waals surface area contributed by atoms with Gasteiger partial charge >= 0.3 is 6.18 Å². The quantitative estimate of drug-likeness (QED) is 0.0960. The van der Waals surface area contributed by atoms with Gasteiger partial charge in [-0.15, -0.1) is 0 Å². The maximum Gasteiger partial charge on any atom is 0.420 e. The van der Waals surface area contributed by atoms with Crippen molar-refractivity contribution in [1.82, 2.24) is 4.90 Å². The Morgan fingerprint density at radius 1 is 1.07 bits per heavy atom. The first-order chi connectivity index (χ1) is 19.2. The lowest BCUT2D eigenvalue weighted by Crippen LogP contribution is -2.31. The maximum atomic E-state index is 13.5. The van der Waals surface area contributed by atoms with E-state index in [1.165, 1.54) is 37.5 Å². The van der Waals surface area contributed by atoms with Gasteiger partial charge < -0.3 is 18.9 Å². The normalized spacial score (nSPS) is 14.3. The van der Waals surface area contributed by atoms with Crippen molar-refractivity contribution in [2.75, 3.05) is 46.6 Å². The molecule has 2 aromatic carbocycles. The number of hydrogen-bond acceptors (Lipinski definition) is 9. The number of carbonyl (C=O) groups excluding carboxylic acids is 2. The number of imide groups is 1. The zero-order chi connectivity index (χ0) is 29.1. The van der Waals surface area contributed by atoms with Crippen LogP contribution in [-0.2, 0) is 20.4 Å². The van der Waals surface area contributed by atoms with E-state index in [-0.39, 0.29) is 61.5 Å². The third-order valence-electron chi connectivity index (χ3n) is 5.22. The minimum absolute atomic E-state index is 0.0260. The minimum Gasteiger partial charge on any atom is -0.493 e. The van der Waals surface area contributed by atoms with Gasteiger partial charge in [0.1, 0.15) is 5.75 Å². The monoisotopic (exact) mass is 577 g/mol. The Kier molecular flexibility index (Phi) is 10.8. The first kappa shape index (κ1) is 30.3. The SMILES string of the molecule is COc1cc(C=C2SC(=O)N(CCOCCOCCN=[N+]=[N-])C2=O)ccc1Oc1ccc(C#N)cc1C(F)(F)F. The summed E-state index contributed by atoms with van der Waals surface area (Å²) in [5, 5.41) is 11.8. The molecule has 0 aliphatic carbocycles. The van der Waals surface area contributed by atoms with E-state index in [1.54, 1.807) is 6.07 Å². The van der Waals surface area contributed by atoms with E-state index in [0.717, 1.165) is 22.7 Å². The van der Waals surface area contributed by atoms with Crippen LogP contribution in [0.25, 0.3) is 16.5 Å². The van der Waals surface area contributed by atoms with E-state index >= 15 is 0 Å². The number of halogens is 3. The Morgan fingerprint density at radius 3 is 2.48 bits per heavy atom. The number of hydrogen-bond donors (Lipinski definition) is 0. The molecule has 1 aliphatic rings. The summed E-state index contributed by atoms with van der Waals surface area (Å²) in [6.45, 7) is 1.07. The van der Waals surface area contributed by atoms with Gasteiger partial charge in [-0.05, 0) is 59.3 Å². The molecule has 0 bridgehead atoms. The number of alkyl halides is 3. The molecule has 2 aromatic rings. The Balaban J connectivity index is 1.65. The second-order valence-corrected chi connectivity index (χ2v) is 8.84. The van der Waals surface area contributed by atoms with Crippen LogP contribution < -0.4 is 9.47 Å². The molecule has 11 nitrogen and oxygen atoms in total. The smallest absolute Gasteiger partial charge is 0.420 e. The van der Waals surface area contributed by atoms with Crippen LogP contribution in [0, 0.1) is 11.3 Å². The summed E-state index contributed by atoms with van der Waals surface area (Å²) in [4.78, 5) is 28.9. The Labute approximate surface area is 230 Å². The van der Waals surface area contributed by atoms with Crippen molar-refractivity contribution in [3.05, 3.63) is 68.4 Å². The average Bonchev–Trinajstić information content (AvgIpc) is 3.19. The maximum absolute atomic E-state index is 13.5. The predicted molar refractivity (Wildman–Crippen MR) is 138 cm³/mol. The van der Waals surface area contributed by atoms with Gasteiger partial charge in [0.25, 0.3) is 11.1 Å². The fraction of sp³-hybridized carbons (Fsp3) is 0.320. The zero-order valence-corrected chi connectivity index (χ0v) is 21.8. The van der Waals surface area contributed by atoms with Gasteiger partial charge in [-0.2, -0.15) is 18.4 Å². The zero-order valence-electron chi connectivity index (χ0n) is 21.0. The molecule has 0 unspecified atom stereocenters. The molecule has 15 heteroatoms. The van der Waals surface area contributed by atoms with Gasteiger partial charge in [0.15, 0.2) is 11.5 Å². The van der Waals surface area contributed by atoms with Gasteiger partial charge in [0, 0.05) is 11.5 Å². The highest BCUT2D eigenvalue weighted by atomic mass is 32.2. The van der Waals surface area contributed by atoms with Crippen LogP contribution in [0.5, 0.6) is 17.2 Å². The Hall–Kier alpha value is -4.22. The number of carbonyl (C=O) groups is 2. The van der Waals surface area contributed by atoms with Crippen molar-refractivity contribution < 1.29 is 41.7 Å². The first-order valence-corrected chi connectivity index (χ1v) is 12.4. The summed E-state index contributed by atoms with van der Waals surface area (Å²) in [5.74, 6) is -0.973. The summed E-state index contributed by atoms with van der Waals surface area (Å²) in [7, 11) is 1.30. The van der Waals surface area contributed by atoms with Crippen molar-refractivity contribution in [2.45, 2.75) is 6.18 Å². The molecule has 210 valence electrons. The Morgan fingerprint density at radius 2 is 1.80 bits per heavy atom. The number of rotatable bonds is 13. The second kappa shape index (κ2) is 14.2. The van der Waals surface area contributed by atoms with E-state index in [9.17, 15) is 22.8 Å². The summed E-state index contributed by atoms with van der Waals surface area (Å²) in [6.07, 6.45) is -3.30. The topological polar surface area (TPSA) is 147 Å². The molecule has 1 aliphatic heterocycles. The highest BCUT2D eigenvalue weighted by molar-refractivity contribution is 8.18. The number of azide groups is 1. The summed E-state index contributed by atoms with van der Waals surface area (Å²) in [6, 6.07) is 8.92. The van der Waals surface area contributed by atoms with Crippen LogP contribution in [-0.4, -0.2) is 62.7 Å². The molecule has 1 heterocycles. The van der Waals surface area contributed by atoms with E-state index in [2.05, 4.69) is 10.0 Å². The fourth-order valence-electron chi connectivity index (χ4n) is 3.36. The van der Waals surface area contributed by atoms with Crippen molar-refractivity contribution in [3.8, 4) is 23.3 Å². The summed E-state index contributed by atoms with van der Waals surface area (Å²) >= 11 is 0.740. The molecule has 0 spiro atoms. The minimum atomic E-state index is -4.76. The molecule has 0 atom stereocenters. The fourth-order valence-corrected chi connectivity index (χ4v) is 4.22. The van der Waals surface area contributed by atoms with E-state index in [1.807, 2.05) is 0 Å². The van der Waals surface area contributed by atoms with E-state index < -0.39 is 28.6 Å². The lowest BCUT2D eigenvalue weighted by molar-refractivity contribution is -0.138. The molecule has 1 saturated heterocycles. The second-order valence-electron chi connectivity index (χ2n) is 7.85. The highest BCUT2D eigenvalue weighted by Crippen LogP contribution is 2.41. The molecule has 2 amide bonds. The lowest BCUT2D eigenvalue weighted by Gasteiger charge is -2.16. The molecule has 1 fully saturated rings. The number of ether oxygens (including phenoxy) is 4. The molecular weight excluding hydrogens is 555 g/mol. The van der Waals surface area contributed by atoms with Crippen LogP contribution in [0.1, 0.15) is 16.7 Å². The largest absolute Gasteiger partial charge is 0.493 e. The molecule has 40 heavy (non-hydrogen) atoms. The first-order valence-electron chi connectivity index (χ1n) is 11.6. The van der Waals surface area contributed by atoms with Crippen LogP contribution in [0.15, 0.2) is 46.4 Å². The number of amides is 2. The highest BCUT2D eigenvalue weighted by Gasteiger charge is 2.36. The molecule has 0 N–H and O–H groups in total. The van der Waals surface area contributed by atoms with Crippen LogP contribution in [0.4, 0.5) is 18.0 Å². The summed E-state index contributed by atoms with van der Waals surface area (Å²) < 4.78 is 61.8. The predicted octanol–water partition coefficient (Wildman–Crippen LogP) is 5.76. The van der Waals surface area contributed by atoms with Gasteiger partial charge in [-0.3, -0.25) is 14.5 Å². The van der Waals surface area contributed by atoms with Crippen molar-refractivity contribution >= 4 is 29.0 Å². The van der Waals surface area contributed by atoms with Gasteiger partial charge in [0.2, 0.25) is 0 Å². The van der Waals surface area contributed by atoms with Crippen molar-refractivity contribution in [2.24, 2.45) is 5.11 Å². The number of nitriles is 1. The van der Waals surface area contributed by atoms with E-state index in [4.69, 9.17) is 29.7 Å². The third-order valence-corrected chi connectivity index (χ3v) is 6.13. The van der Waals surface area contributed by atoms with Crippen LogP contribution in [0.3, 0.4) is 0 Å². The van der Waals surface area contributed by atoms with Crippen molar-refractivity contribution in [1.29, 1.82) is 5.26 Å². The molecule has 0 aromatic heterocycles. The molecule has 0 saturated carbocycles. The number of benzene rings is 2. The summed E-state index contributed by atoms with van der Waals surface area (Å²) in [5.41, 5.74) is 7.33. The molecular formula is C25H22F3N5O6S. The van der Waals surface area contributed by atoms with Crippen LogP contribution >= 0.6 is 11.8 Å². The van der Waals surface area contributed by atoms with Gasteiger partial charge in [-0.25, -0.2) is 0 Å². The number of nitrogens with zero attached hydrogens (tertiary/aromatic N) is 5. The molecule has 0 radical (unpaired) electrons. The lowest BCUT2D eigenvalue weighted by atomic mass is 10.1. The standard InChI is InChI=1S/C25H22F3N5O6S/c1-36-21-13-16(2-5-20(21)39-19-4-3-17(15-29)12-18(19)25(26,27)28)14-22-23(34)33(24(35)40-22)7-9-38-11-10-37-8-6-31-32-30/h2-5,12-14H,6-11H2,1H3. The molecule has 3 rings (SSSR count). The van der Waals surface area contributed by atoms with Crippen LogP contribution in [0.2, 0.25) is 0 Å². The number of methoxy groups -OCH3 is 1. The van der Waals surface area contributed by atoms with E-state index in [0.29, 0.717) is 11.6 Å². The third kappa shape index (κ3) is 8.14. The van der Waals surface area contributed by atoms with Gasteiger partial charge in [-0.1, -0.05) is 11.2 Å².